The van der Waals surface area contributed by atoms with E-state index in [1.807, 2.05) is 22.6 Å². The van der Waals surface area contributed by atoms with Gasteiger partial charge in [0.05, 0.1) is 35.6 Å². The van der Waals surface area contributed by atoms with Gasteiger partial charge >= 0.3 is 0 Å². The predicted octanol–water partition coefficient (Wildman–Crippen LogP) is 2.70. The van der Waals surface area contributed by atoms with Gasteiger partial charge in [-0.3, -0.25) is 4.68 Å². The van der Waals surface area contributed by atoms with Gasteiger partial charge in [-0.1, -0.05) is 6.92 Å². The number of halogens is 1. The molecule has 1 unspecified atom stereocenters. The molecule has 1 atom stereocenters. The molecule has 0 saturated carbocycles. The molecule has 0 fully saturated rings. The molecule has 104 valence electrons. The lowest BCUT2D eigenvalue weighted by atomic mass is 10.1. The molecule has 1 rings (SSSR count). The van der Waals surface area contributed by atoms with Gasteiger partial charge < -0.3 is 10.1 Å². The van der Waals surface area contributed by atoms with Crippen molar-refractivity contribution < 1.29 is 4.74 Å². The quantitative estimate of drug-likeness (QED) is 0.753. The van der Waals surface area contributed by atoms with E-state index >= 15 is 0 Å². The van der Waals surface area contributed by atoms with Gasteiger partial charge in [-0.2, -0.15) is 16.9 Å². The zero-order valence-corrected chi connectivity index (χ0v) is 13.7. The summed E-state index contributed by atoms with van der Waals surface area (Å²) in [5.41, 5.74) is 1.22. The zero-order chi connectivity index (χ0) is 13.4. The van der Waals surface area contributed by atoms with E-state index in [0.29, 0.717) is 12.6 Å². The lowest BCUT2D eigenvalue weighted by Gasteiger charge is -2.20. The maximum atomic E-state index is 5.13. The summed E-state index contributed by atoms with van der Waals surface area (Å²) < 4.78 is 8.23. The fourth-order valence-electron chi connectivity index (χ4n) is 1.89. The van der Waals surface area contributed by atoms with Crippen LogP contribution in [0.1, 0.15) is 25.1 Å². The Balaban J connectivity index is 2.83. The molecule has 1 N–H and O–H groups in total. The van der Waals surface area contributed by atoms with Crippen molar-refractivity contribution >= 4 is 27.7 Å². The molecule has 0 aliphatic heterocycles. The number of rotatable bonds is 9. The topological polar surface area (TPSA) is 39.1 Å². The number of hydrogen-bond acceptors (Lipinski definition) is 4. The second kappa shape index (κ2) is 8.96. The Morgan fingerprint density at radius 2 is 2.39 bits per heavy atom. The molecule has 0 saturated heterocycles. The average Bonchev–Trinajstić information content (AvgIpc) is 2.73. The number of methoxy groups -OCH3 is 1. The molecule has 4 nitrogen and oxygen atoms in total. The van der Waals surface area contributed by atoms with E-state index in [-0.39, 0.29) is 0 Å². The summed E-state index contributed by atoms with van der Waals surface area (Å²) in [4.78, 5) is 0. The van der Waals surface area contributed by atoms with E-state index in [1.54, 1.807) is 7.11 Å². The average molecular weight is 336 g/mol. The fraction of sp³-hybridized carbons (Fsp3) is 0.750. The van der Waals surface area contributed by atoms with Crippen LogP contribution < -0.4 is 5.32 Å². The van der Waals surface area contributed by atoms with Crippen LogP contribution in [0.2, 0.25) is 0 Å². The molecular weight excluding hydrogens is 314 g/mol. The Labute approximate surface area is 122 Å². The monoisotopic (exact) mass is 335 g/mol. The first-order valence-electron chi connectivity index (χ1n) is 6.17. The molecule has 6 heteroatoms. The van der Waals surface area contributed by atoms with Gasteiger partial charge in [0, 0.05) is 7.11 Å². The Morgan fingerprint density at radius 3 is 3.00 bits per heavy atom. The first-order valence-corrected chi connectivity index (χ1v) is 8.35. The first kappa shape index (κ1) is 16.0. The number of nitrogens with one attached hydrogen (secondary N) is 1. The molecule has 0 radical (unpaired) electrons. The van der Waals surface area contributed by atoms with Gasteiger partial charge in [-0.25, -0.2) is 0 Å². The molecule has 0 aliphatic rings. The Morgan fingerprint density at radius 1 is 1.61 bits per heavy atom. The third-order valence-electron chi connectivity index (χ3n) is 2.73. The van der Waals surface area contributed by atoms with Crippen LogP contribution in [0.4, 0.5) is 0 Å². The summed E-state index contributed by atoms with van der Waals surface area (Å²) in [6, 6.07) is 0.344. The third kappa shape index (κ3) is 4.57. The van der Waals surface area contributed by atoms with Gasteiger partial charge in [-0.15, -0.1) is 0 Å². The molecule has 0 aliphatic carbocycles. The van der Waals surface area contributed by atoms with Crippen molar-refractivity contribution in [3.05, 3.63) is 16.4 Å². The second-order valence-corrected chi connectivity index (χ2v) is 5.83. The third-order valence-corrected chi connectivity index (χ3v) is 3.99. The highest BCUT2D eigenvalue weighted by Crippen LogP contribution is 2.26. The Bertz CT molecular complexity index is 346. The summed E-state index contributed by atoms with van der Waals surface area (Å²) in [5.74, 6) is 1.14. The highest BCUT2D eigenvalue weighted by atomic mass is 79.9. The van der Waals surface area contributed by atoms with Gasteiger partial charge in [0.15, 0.2) is 0 Å². The molecule has 1 aromatic heterocycles. The van der Waals surface area contributed by atoms with Crippen molar-refractivity contribution in [2.45, 2.75) is 25.9 Å². The van der Waals surface area contributed by atoms with E-state index in [2.05, 4.69) is 39.5 Å². The van der Waals surface area contributed by atoms with E-state index in [4.69, 9.17) is 4.74 Å². The van der Waals surface area contributed by atoms with Crippen LogP contribution in [0.5, 0.6) is 0 Å². The van der Waals surface area contributed by atoms with Gasteiger partial charge in [0.2, 0.25) is 0 Å². The smallest absolute Gasteiger partial charge is 0.0696 e. The highest BCUT2D eigenvalue weighted by molar-refractivity contribution is 9.10. The zero-order valence-electron chi connectivity index (χ0n) is 11.3. The SMILES string of the molecule is CCNC(CCSC)c1c(Br)cnn1CCOC. The molecule has 0 spiro atoms. The lowest BCUT2D eigenvalue weighted by molar-refractivity contribution is 0.181. The molecular formula is C12H22BrN3OS. The fourth-order valence-corrected chi connectivity index (χ4v) is 2.94. The van der Waals surface area contributed by atoms with Crippen molar-refractivity contribution in [1.82, 2.24) is 15.1 Å². The van der Waals surface area contributed by atoms with Crippen LogP contribution in [-0.4, -0.2) is 42.1 Å². The maximum absolute atomic E-state index is 5.13. The second-order valence-electron chi connectivity index (χ2n) is 3.99. The van der Waals surface area contributed by atoms with Gasteiger partial charge in [0.1, 0.15) is 0 Å². The maximum Gasteiger partial charge on any atom is 0.0696 e. The van der Waals surface area contributed by atoms with Crippen molar-refractivity contribution in [2.75, 3.05) is 32.3 Å². The lowest BCUT2D eigenvalue weighted by Crippen LogP contribution is -2.25. The Kier molecular flexibility index (Phi) is 7.97. The minimum Gasteiger partial charge on any atom is -0.383 e. The van der Waals surface area contributed by atoms with Crippen molar-refractivity contribution in [3.8, 4) is 0 Å². The molecule has 1 aromatic rings. The Hall–Kier alpha value is -0.0400. The number of ether oxygens (including phenoxy) is 1. The normalized spacial score (nSPS) is 12.9. The first-order chi connectivity index (χ1) is 8.74. The number of aromatic nitrogens is 2. The summed E-state index contributed by atoms with van der Waals surface area (Å²) in [6.45, 7) is 4.57. The van der Waals surface area contributed by atoms with Gasteiger partial charge in [0.25, 0.3) is 0 Å². The standard InChI is InChI=1S/C12H22BrN3OS/c1-4-14-11(5-8-18-3)12-10(13)9-15-16(12)6-7-17-2/h9,11,14H,4-8H2,1-3H3. The highest BCUT2D eigenvalue weighted by Gasteiger charge is 2.18. The van der Waals surface area contributed by atoms with Crippen LogP contribution in [-0.2, 0) is 11.3 Å². The largest absolute Gasteiger partial charge is 0.383 e. The van der Waals surface area contributed by atoms with Crippen LogP contribution in [0.15, 0.2) is 10.7 Å². The minimum atomic E-state index is 0.344. The van der Waals surface area contributed by atoms with Gasteiger partial charge in [-0.05, 0) is 40.9 Å². The molecule has 0 aromatic carbocycles. The molecule has 1 heterocycles. The summed E-state index contributed by atoms with van der Waals surface area (Å²) in [6.07, 6.45) is 5.11. The van der Waals surface area contributed by atoms with E-state index in [9.17, 15) is 0 Å². The summed E-state index contributed by atoms with van der Waals surface area (Å²) in [5, 5.41) is 7.94. The minimum absolute atomic E-state index is 0.344. The van der Waals surface area contributed by atoms with E-state index in [0.717, 1.165) is 29.7 Å². The van der Waals surface area contributed by atoms with Crippen LogP contribution in [0.25, 0.3) is 0 Å². The van der Waals surface area contributed by atoms with Crippen LogP contribution in [0.3, 0.4) is 0 Å². The van der Waals surface area contributed by atoms with Crippen molar-refractivity contribution in [3.63, 3.8) is 0 Å². The van der Waals surface area contributed by atoms with Crippen LogP contribution >= 0.6 is 27.7 Å². The number of hydrogen-bond donors (Lipinski definition) is 1. The van der Waals surface area contributed by atoms with E-state index in [1.165, 1.54) is 5.69 Å². The number of nitrogens with zero attached hydrogens (tertiary/aromatic N) is 2. The van der Waals surface area contributed by atoms with Crippen molar-refractivity contribution in [2.24, 2.45) is 0 Å². The molecule has 0 bridgehead atoms. The number of thioether (sulfide) groups is 1. The molecule has 0 amide bonds. The van der Waals surface area contributed by atoms with Crippen LogP contribution in [0, 0.1) is 0 Å². The molecule has 18 heavy (non-hydrogen) atoms. The summed E-state index contributed by atoms with van der Waals surface area (Å²) >= 11 is 5.47. The van der Waals surface area contributed by atoms with Crippen molar-refractivity contribution in [1.29, 1.82) is 0 Å². The predicted molar refractivity (Wildman–Crippen MR) is 81.2 cm³/mol. The van der Waals surface area contributed by atoms with E-state index < -0.39 is 0 Å². The summed E-state index contributed by atoms with van der Waals surface area (Å²) in [7, 11) is 1.72.